The van der Waals surface area contributed by atoms with Crippen molar-refractivity contribution in [3.05, 3.63) is 24.3 Å². The second-order valence-electron chi connectivity index (χ2n) is 3.83. The summed E-state index contributed by atoms with van der Waals surface area (Å²) in [5, 5.41) is 2.63. The van der Waals surface area contributed by atoms with Crippen LogP contribution in [0, 0.1) is 0 Å². The fraction of sp³-hybridized carbons (Fsp3) is 0.364. The van der Waals surface area contributed by atoms with Crippen LogP contribution in [-0.4, -0.2) is 16.8 Å². The minimum absolute atomic E-state index is 0.0519. The summed E-state index contributed by atoms with van der Waals surface area (Å²) in [7, 11) is 0. The van der Waals surface area contributed by atoms with Gasteiger partial charge in [0.1, 0.15) is 5.75 Å². The van der Waals surface area contributed by atoms with Crippen molar-refractivity contribution in [3.63, 3.8) is 0 Å². The van der Waals surface area contributed by atoms with Crippen molar-refractivity contribution < 1.29 is 18.3 Å². The maximum absolute atomic E-state index is 11.9. The van der Waals surface area contributed by atoms with Crippen LogP contribution in [-0.2, 0) is 4.79 Å². The Hall–Kier alpha value is -1.17. The van der Waals surface area contributed by atoms with Gasteiger partial charge in [-0.2, -0.15) is 8.78 Å². The summed E-state index contributed by atoms with van der Waals surface area (Å²) in [5.41, 5.74) is 0.518. The number of nitrogens with one attached hydrogen (secondary N) is 1. The zero-order chi connectivity index (χ0) is 13.1. The third-order valence-corrected chi connectivity index (χ3v) is 2.24. The summed E-state index contributed by atoms with van der Waals surface area (Å²) in [4.78, 5) is 11.6. The number of hydrogen-bond acceptors (Lipinski definition) is 2. The minimum Gasteiger partial charge on any atom is -0.435 e. The molecular weight excluding hydrogens is 296 g/mol. The van der Waals surface area contributed by atoms with Crippen LogP contribution >= 0.6 is 15.9 Å². The standard InChI is InChI=1S/C11H12BrF2NO2/c1-11(2,12)9(16)15-7-3-5-8(6-4-7)17-10(13)14/h3-6,10H,1-2H3,(H,15,16). The lowest BCUT2D eigenvalue weighted by Gasteiger charge is -2.16. The molecule has 94 valence electrons. The highest BCUT2D eigenvalue weighted by Crippen LogP contribution is 2.21. The van der Waals surface area contributed by atoms with E-state index in [0.717, 1.165) is 0 Å². The number of anilines is 1. The van der Waals surface area contributed by atoms with Crippen molar-refractivity contribution in [2.75, 3.05) is 5.32 Å². The molecule has 0 fully saturated rings. The van der Waals surface area contributed by atoms with Gasteiger partial charge in [0.05, 0.1) is 4.32 Å². The molecule has 0 aliphatic heterocycles. The van der Waals surface area contributed by atoms with Gasteiger partial charge in [0, 0.05) is 5.69 Å². The van der Waals surface area contributed by atoms with Crippen LogP contribution in [0.5, 0.6) is 5.75 Å². The number of amides is 1. The van der Waals surface area contributed by atoms with Gasteiger partial charge in [0.15, 0.2) is 0 Å². The number of alkyl halides is 3. The summed E-state index contributed by atoms with van der Waals surface area (Å²) in [6.07, 6.45) is 0. The molecular formula is C11H12BrF2NO2. The molecule has 0 unspecified atom stereocenters. The molecule has 17 heavy (non-hydrogen) atoms. The van der Waals surface area contributed by atoms with Gasteiger partial charge in [-0.1, -0.05) is 15.9 Å². The van der Waals surface area contributed by atoms with Gasteiger partial charge < -0.3 is 10.1 Å². The van der Waals surface area contributed by atoms with Crippen LogP contribution in [0.1, 0.15) is 13.8 Å². The molecule has 0 heterocycles. The molecule has 6 heteroatoms. The van der Waals surface area contributed by atoms with E-state index in [2.05, 4.69) is 26.0 Å². The predicted octanol–water partition coefficient (Wildman–Crippen LogP) is 3.40. The highest BCUT2D eigenvalue weighted by molar-refractivity contribution is 9.10. The van der Waals surface area contributed by atoms with Crippen LogP contribution in [0.25, 0.3) is 0 Å². The Labute approximate surface area is 106 Å². The summed E-state index contributed by atoms with van der Waals surface area (Å²) < 4.78 is 27.3. The number of carbonyl (C=O) groups is 1. The molecule has 0 saturated carbocycles. The van der Waals surface area contributed by atoms with Gasteiger partial charge >= 0.3 is 6.61 Å². The molecule has 1 aromatic carbocycles. The summed E-state index contributed by atoms with van der Waals surface area (Å²) in [6.45, 7) is 0.560. The Morgan fingerprint density at radius 2 is 1.88 bits per heavy atom. The Bertz CT molecular complexity index is 387. The normalized spacial score (nSPS) is 11.4. The Kier molecular flexibility index (Phi) is 4.45. The highest BCUT2D eigenvalue weighted by Gasteiger charge is 2.23. The molecule has 1 aromatic rings. The number of hydrogen-bond donors (Lipinski definition) is 1. The second kappa shape index (κ2) is 5.44. The number of halogens is 3. The lowest BCUT2D eigenvalue weighted by atomic mass is 10.2. The van der Waals surface area contributed by atoms with E-state index in [1.807, 2.05) is 0 Å². The third-order valence-electron chi connectivity index (χ3n) is 1.88. The predicted molar refractivity (Wildman–Crippen MR) is 64.7 cm³/mol. The third kappa shape index (κ3) is 4.68. The van der Waals surface area contributed by atoms with Crippen LogP contribution in [0.2, 0.25) is 0 Å². The summed E-state index contributed by atoms with van der Waals surface area (Å²) >= 11 is 3.21. The molecule has 0 saturated heterocycles. The first-order valence-electron chi connectivity index (χ1n) is 4.84. The molecule has 3 nitrogen and oxygen atoms in total. The summed E-state index contributed by atoms with van der Waals surface area (Å²) in [6, 6.07) is 5.72. The summed E-state index contributed by atoms with van der Waals surface area (Å²) in [5.74, 6) is -0.170. The molecule has 0 bridgehead atoms. The number of benzene rings is 1. The Balaban J connectivity index is 2.66. The van der Waals surface area contributed by atoms with Gasteiger partial charge in [-0.15, -0.1) is 0 Å². The van der Waals surface area contributed by atoms with Crippen molar-refractivity contribution >= 4 is 27.5 Å². The van der Waals surface area contributed by atoms with Crippen LogP contribution < -0.4 is 10.1 Å². The minimum atomic E-state index is -2.85. The molecule has 0 aromatic heterocycles. The quantitative estimate of drug-likeness (QED) is 0.866. The van der Waals surface area contributed by atoms with Crippen molar-refractivity contribution in [1.82, 2.24) is 0 Å². The molecule has 0 aliphatic carbocycles. The van der Waals surface area contributed by atoms with Gasteiger partial charge in [0.25, 0.3) is 0 Å². The first-order valence-corrected chi connectivity index (χ1v) is 5.63. The van der Waals surface area contributed by atoms with E-state index in [1.165, 1.54) is 24.3 Å². The zero-order valence-corrected chi connectivity index (χ0v) is 10.9. The van der Waals surface area contributed by atoms with E-state index in [1.54, 1.807) is 13.8 Å². The van der Waals surface area contributed by atoms with Crippen LogP contribution in [0.4, 0.5) is 14.5 Å². The molecule has 1 N–H and O–H groups in total. The van der Waals surface area contributed by atoms with Crippen molar-refractivity contribution in [2.45, 2.75) is 24.8 Å². The molecule has 0 atom stereocenters. The maximum atomic E-state index is 11.9. The van der Waals surface area contributed by atoms with E-state index in [-0.39, 0.29) is 11.7 Å². The molecule has 1 amide bonds. The van der Waals surface area contributed by atoms with Gasteiger partial charge in [-0.3, -0.25) is 4.79 Å². The molecule has 0 spiro atoms. The van der Waals surface area contributed by atoms with E-state index in [4.69, 9.17) is 0 Å². The van der Waals surface area contributed by atoms with E-state index >= 15 is 0 Å². The second-order valence-corrected chi connectivity index (χ2v) is 5.81. The fourth-order valence-electron chi connectivity index (χ4n) is 0.999. The monoisotopic (exact) mass is 307 g/mol. The number of ether oxygens (including phenoxy) is 1. The highest BCUT2D eigenvalue weighted by atomic mass is 79.9. The largest absolute Gasteiger partial charge is 0.435 e. The Morgan fingerprint density at radius 3 is 2.29 bits per heavy atom. The van der Waals surface area contributed by atoms with E-state index < -0.39 is 10.9 Å². The average Bonchev–Trinajstić information content (AvgIpc) is 2.18. The SMILES string of the molecule is CC(C)(Br)C(=O)Nc1ccc(OC(F)F)cc1. The van der Waals surface area contributed by atoms with Crippen molar-refractivity contribution in [1.29, 1.82) is 0 Å². The number of carbonyl (C=O) groups excluding carboxylic acids is 1. The van der Waals surface area contributed by atoms with E-state index in [0.29, 0.717) is 5.69 Å². The van der Waals surface area contributed by atoms with Gasteiger partial charge in [-0.05, 0) is 38.1 Å². The first-order chi connectivity index (χ1) is 7.79. The first kappa shape index (κ1) is 13.9. The van der Waals surface area contributed by atoms with Crippen LogP contribution in [0.15, 0.2) is 24.3 Å². The van der Waals surface area contributed by atoms with Crippen molar-refractivity contribution in [3.8, 4) is 5.75 Å². The van der Waals surface area contributed by atoms with Gasteiger partial charge in [-0.25, -0.2) is 0 Å². The van der Waals surface area contributed by atoms with Gasteiger partial charge in [0.2, 0.25) is 5.91 Å². The fourth-order valence-corrected chi connectivity index (χ4v) is 1.10. The van der Waals surface area contributed by atoms with E-state index in [9.17, 15) is 13.6 Å². The van der Waals surface area contributed by atoms with Crippen molar-refractivity contribution in [2.24, 2.45) is 0 Å². The number of rotatable bonds is 4. The molecule has 0 aliphatic rings. The lowest BCUT2D eigenvalue weighted by Crippen LogP contribution is -2.30. The lowest BCUT2D eigenvalue weighted by molar-refractivity contribution is -0.117. The van der Waals surface area contributed by atoms with Crippen LogP contribution in [0.3, 0.4) is 0 Å². The zero-order valence-electron chi connectivity index (χ0n) is 9.34. The molecule has 0 radical (unpaired) electrons. The Morgan fingerprint density at radius 1 is 1.35 bits per heavy atom. The smallest absolute Gasteiger partial charge is 0.387 e. The maximum Gasteiger partial charge on any atom is 0.387 e. The molecule has 1 rings (SSSR count). The topological polar surface area (TPSA) is 38.3 Å². The average molecular weight is 308 g/mol.